The van der Waals surface area contributed by atoms with E-state index in [2.05, 4.69) is 71.7 Å². The minimum Gasteiger partial charge on any atom is -0.383 e. The number of nitrogens with one attached hydrogen (secondary N) is 1. The number of piperidine rings is 2. The highest BCUT2D eigenvalue weighted by Gasteiger charge is 2.32. The zero-order valence-corrected chi connectivity index (χ0v) is 31.0. The van der Waals surface area contributed by atoms with E-state index in [1.165, 1.54) is 18.4 Å². The number of hydrogen-bond acceptors (Lipinski definition) is 11. The molecular weight excluding hydrogens is 574 g/mol. The number of likely N-dealkylation sites (N-methyl/N-ethyl adjacent to an activating group) is 1. The second kappa shape index (κ2) is 23.0. The second-order valence-electron chi connectivity index (χ2n) is 14.2. The molecule has 11 nitrogen and oxygen atoms in total. The Labute approximate surface area is 275 Å². The fraction of sp³-hybridized carbons (Fsp3) is 0.882. The highest BCUT2D eigenvalue weighted by Crippen LogP contribution is 2.23. The third-order valence-corrected chi connectivity index (χ3v) is 8.55. The maximum Gasteiger partial charge on any atom is 0.141 e. The van der Waals surface area contributed by atoms with Crippen LogP contribution in [0.1, 0.15) is 74.7 Å². The monoisotopic (exact) mass is 644 g/mol. The Morgan fingerprint density at radius 1 is 0.867 bits per heavy atom. The zero-order chi connectivity index (χ0) is 34.7. The molecule has 266 valence electrons. The predicted molar refractivity (Wildman–Crippen MR) is 182 cm³/mol. The van der Waals surface area contributed by atoms with Gasteiger partial charge in [-0.25, -0.2) is 19.6 Å². The molecule has 3 aliphatic heterocycles. The standard InChI is InChI=1S/C13H26N2O2.C8H15NO.C7H13NO.C6H15NO2/c1-10(2)13(9-17-16-5)14-12-6-7-15(4)8-11(12)3;1-8(2)6-9(3)5-4-7(8)10;1-6-5-8(2)4-3-7(6)9;1-5(2)6(7)4-9-8-3/h10,13-14H,6-9H2,1-5H3;4-6H2,1-3H3;6H,3-5H2,1-2H3;5-6H,4,7H2,1-3H3/t13-;;;6-/m0..0/s1. The molecule has 0 saturated carbocycles. The molecule has 0 aromatic carbocycles. The summed E-state index contributed by atoms with van der Waals surface area (Å²) in [6.07, 6.45) is 2.57. The summed E-state index contributed by atoms with van der Waals surface area (Å²) in [6.45, 7) is 23.7. The van der Waals surface area contributed by atoms with Gasteiger partial charge in [-0.05, 0) is 51.9 Å². The van der Waals surface area contributed by atoms with Gasteiger partial charge in [0.1, 0.15) is 18.2 Å². The van der Waals surface area contributed by atoms with E-state index < -0.39 is 0 Å². The van der Waals surface area contributed by atoms with Crippen molar-refractivity contribution >= 4 is 11.6 Å². The molecule has 0 spiro atoms. The van der Waals surface area contributed by atoms with Gasteiger partial charge in [0.25, 0.3) is 0 Å². The largest absolute Gasteiger partial charge is 0.383 e. The van der Waals surface area contributed by atoms with E-state index in [0.29, 0.717) is 42.7 Å². The zero-order valence-electron chi connectivity index (χ0n) is 31.0. The number of rotatable bonds is 10. The summed E-state index contributed by atoms with van der Waals surface area (Å²) >= 11 is 0. The average Bonchev–Trinajstić information content (AvgIpc) is 2.95. The third kappa shape index (κ3) is 19.1. The SMILES string of the molecule is CC1CN(C)CCC1=O.CN1CCC(=O)C(C)(C)C1.COOC[C@H](N)C(C)C.COOC[C@H](NC1=C(C)CN(C)CC1)C(C)C. The van der Waals surface area contributed by atoms with Gasteiger partial charge in [0.2, 0.25) is 0 Å². The van der Waals surface area contributed by atoms with E-state index >= 15 is 0 Å². The van der Waals surface area contributed by atoms with Crippen LogP contribution in [0.4, 0.5) is 0 Å². The van der Waals surface area contributed by atoms with Crippen LogP contribution in [0, 0.1) is 23.2 Å². The van der Waals surface area contributed by atoms with Gasteiger partial charge >= 0.3 is 0 Å². The van der Waals surface area contributed by atoms with Gasteiger partial charge in [-0.2, -0.15) is 0 Å². The van der Waals surface area contributed by atoms with E-state index in [1.54, 1.807) is 7.11 Å². The molecule has 3 atom stereocenters. The minimum atomic E-state index is -0.104. The number of nitrogens with zero attached hydrogens (tertiary/aromatic N) is 3. The quantitative estimate of drug-likeness (QED) is 0.268. The fourth-order valence-corrected chi connectivity index (χ4v) is 5.08. The summed E-state index contributed by atoms with van der Waals surface area (Å²) in [5.74, 6) is 2.06. The summed E-state index contributed by atoms with van der Waals surface area (Å²) < 4.78 is 0. The summed E-state index contributed by atoms with van der Waals surface area (Å²) in [5.41, 5.74) is 8.30. The molecule has 3 heterocycles. The number of likely N-dealkylation sites (tertiary alicyclic amines) is 2. The lowest BCUT2D eigenvalue weighted by molar-refractivity contribution is -0.277. The van der Waals surface area contributed by atoms with Crippen LogP contribution < -0.4 is 11.1 Å². The molecule has 3 rings (SSSR count). The van der Waals surface area contributed by atoms with Crippen LogP contribution >= 0.6 is 0 Å². The Bertz CT molecular complexity index is 866. The van der Waals surface area contributed by atoms with Crippen LogP contribution in [-0.2, 0) is 29.1 Å². The Kier molecular flexibility index (Phi) is 22.2. The molecule has 2 saturated heterocycles. The summed E-state index contributed by atoms with van der Waals surface area (Å²) in [4.78, 5) is 47.7. The number of carbonyl (C=O) groups excluding carboxylic acids is 2. The smallest absolute Gasteiger partial charge is 0.141 e. The van der Waals surface area contributed by atoms with E-state index in [1.807, 2.05) is 34.6 Å². The van der Waals surface area contributed by atoms with Crippen molar-refractivity contribution in [2.24, 2.45) is 28.9 Å². The molecule has 0 radical (unpaired) electrons. The first-order valence-corrected chi connectivity index (χ1v) is 16.6. The molecule has 0 aromatic rings. The molecule has 45 heavy (non-hydrogen) atoms. The van der Waals surface area contributed by atoms with E-state index in [9.17, 15) is 9.59 Å². The van der Waals surface area contributed by atoms with Crippen LogP contribution in [0.5, 0.6) is 0 Å². The van der Waals surface area contributed by atoms with E-state index in [0.717, 1.165) is 58.5 Å². The maximum atomic E-state index is 11.2. The number of Topliss-reactive ketones (excluding diaryl/α,β-unsaturated/α-hetero) is 2. The topological polar surface area (TPSA) is 119 Å². The van der Waals surface area contributed by atoms with Crippen LogP contribution in [0.2, 0.25) is 0 Å². The molecular formula is C34H69N5O6. The number of hydrogen-bond donors (Lipinski definition) is 2. The normalized spacial score (nSPS) is 22.5. The summed E-state index contributed by atoms with van der Waals surface area (Å²) in [6, 6.07) is 0.383. The summed E-state index contributed by atoms with van der Waals surface area (Å²) in [5, 5.41) is 3.61. The molecule has 1 unspecified atom stereocenters. The minimum absolute atomic E-state index is 0.0740. The van der Waals surface area contributed by atoms with Gasteiger partial charge in [-0.3, -0.25) is 9.59 Å². The van der Waals surface area contributed by atoms with Crippen LogP contribution in [0.15, 0.2) is 11.3 Å². The molecule has 0 aliphatic carbocycles. The molecule has 3 aliphatic rings. The highest BCUT2D eigenvalue weighted by atomic mass is 17.2. The second-order valence-corrected chi connectivity index (χ2v) is 14.2. The Morgan fingerprint density at radius 2 is 1.42 bits per heavy atom. The van der Waals surface area contributed by atoms with Crippen molar-refractivity contribution in [2.45, 2.75) is 86.7 Å². The van der Waals surface area contributed by atoms with Gasteiger partial charge in [0.15, 0.2) is 0 Å². The van der Waals surface area contributed by atoms with Crippen molar-refractivity contribution in [3.8, 4) is 0 Å². The first kappa shape index (κ1) is 43.6. The van der Waals surface area contributed by atoms with Crippen LogP contribution in [-0.4, -0.2) is 126 Å². The molecule has 3 N–H and O–H groups in total. The molecule has 11 heteroatoms. The maximum absolute atomic E-state index is 11.2. The molecule has 0 amide bonds. The predicted octanol–water partition coefficient (Wildman–Crippen LogP) is 3.78. The molecule has 2 fully saturated rings. The van der Waals surface area contributed by atoms with Crippen molar-refractivity contribution in [1.82, 2.24) is 20.0 Å². The third-order valence-electron chi connectivity index (χ3n) is 8.55. The van der Waals surface area contributed by atoms with Crippen molar-refractivity contribution in [3.63, 3.8) is 0 Å². The lowest BCUT2D eigenvalue weighted by Gasteiger charge is -2.34. The van der Waals surface area contributed by atoms with Crippen LogP contribution in [0.25, 0.3) is 0 Å². The summed E-state index contributed by atoms with van der Waals surface area (Å²) in [7, 11) is 9.32. The first-order valence-electron chi connectivity index (χ1n) is 16.6. The number of carbonyl (C=O) groups is 2. The Morgan fingerprint density at radius 3 is 1.87 bits per heavy atom. The molecule has 0 bridgehead atoms. The average molecular weight is 644 g/mol. The Balaban J connectivity index is 0.000000601. The van der Waals surface area contributed by atoms with E-state index in [4.69, 9.17) is 15.5 Å². The molecule has 0 aromatic heterocycles. The van der Waals surface area contributed by atoms with Crippen molar-refractivity contribution in [2.75, 3.05) is 87.8 Å². The van der Waals surface area contributed by atoms with Gasteiger partial charge in [-0.1, -0.05) is 48.5 Å². The first-order chi connectivity index (χ1) is 20.9. The lowest BCUT2D eigenvalue weighted by atomic mass is 9.83. The van der Waals surface area contributed by atoms with Crippen molar-refractivity contribution in [1.29, 1.82) is 0 Å². The van der Waals surface area contributed by atoms with E-state index in [-0.39, 0.29) is 17.4 Å². The van der Waals surface area contributed by atoms with Gasteiger partial charge in [-0.15, -0.1) is 0 Å². The fourth-order valence-electron chi connectivity index (χ4n) is 5.08. The number of ketones is 2. The van der Waals surface area contributed by atoms with Gasteiger partial charge in [0, 0.05) is 75.2 Å². The highest BCUT2D eigenvalue weighted by molar-refractivity contribution is 5.85. The lowest BCUT2D eigenvalue weighted by Crippen LogP contribution is -2.44. The van der Waals surface area contributed by atoms with Crippen LogP contribution in [0.3, 0.4) is 0 Å². The van der Waals surface area contributed by atoms with Gasteiger partial charge in [0.05, 0.1) is 26.9 Å². The van der Waals surface area contributed by atoms with Crippen molar-refractivity contribution < 1.29 is 29.1 Å². The van der Waals surface area contributed by atoms with Gasteiger partial charge < -0.3 is 25.8 Å². The number of nitrogens with two attached hydrogens (primary N) is 1. The van der Waals surface area contributed by atoms with Crippen molar-refractivity contribution in [3.05, 3.63) is 11.3 Å². The Hall–Kier alpha value is -1.44.